The predicted molar refractivity (Wildman–Crippen MR) is 100 cm³/mol. The number of rotatable bonds is 7. The summed E-state index contributed by atoms with van der Waals surface area (Å²) in [7, 11) is 0. The van der Waals surface area contributed by atoms with Gasteiger partial charge in [0.1, 0.15) is 5.76 Å². The van der Waals surface area contributed by atoms with Gasteiger partial charge < -0.3 is 19.7 Å². The van der Waals surface area contributed by atoms with Crippen LogP contribution < -0.4 is 10.6 Å². The monoisotopic (exact) mass is 369 g/mol. The van der Waals surface area contributed by atoms with Crippen molar-refractivity contribution in [3.63, 3.8) is 0 Å². The Balaban J connectivity index is 1.50. The summed E-state index contributed by atoms with van der Waals surface area (Å²) >= 11 is 0. The van der Waals surface area contributed by atoms with E-state index in [-0.39, 0.29) is 6.03 Å². The highest BCUT2D eigenvalue weighted by atomic mass is 16.5. The molecule has 8 nitrogen and oxygen atoms in total. The molecule has 1 aromatic carbocycles. The van der Waals surface area contributed by atoms with Crippen LogP contribution in [0.4, 0.5) is 10.5 Å². The SMILES string of the molecule is CCc1noc(-c2cccc(NC(=O)NCCCc3c(C)noc3C)c2)n1. The number of aromatic nitrogens is 3. The lowest BCUT2D eigenvalue weighted by molar-refractivity contribution is 0.252. The van der Waals surface area contributed by atoms with Gasteiger partial charge in [-0.3, -0.25) is 0 Å². The summed E-state index contributed by atoms with van der Waals surface area (Å²) in [5.41, 5.74) is 3.43. The van der Waals surface area contributed by atoms with Gasteiger partial charge in [0.25, 0.3) is 5.89 Å². The second-order valence-corrected chi connectivity index (χ2v) is 6.24. The average molecular weight is 369 g/mol. The Labute approximate surface area is 157 Å². The molecule has 8 heteroatoms. The van der Waals surface area contributed by atoms with Crippen LogP contribution in [0, 0.1) is 13.8 Å². The van der Waals surface area contributed by atoms with Crippen LogP contribution in [-0.4, -0.2) is 27.9 Å². The van der Waals surface area contributed by atoms with E-state index in [0.717, 1.165) is 35.4 Å². The predicted octanol–water partition coefficient (Wildman–Crippen LogP) is 3.66. The molecule has 0 fully saturated rings. The van der Waals surface area contributed by atoms with Crippen molar-refractivity contribution in [3.05, 3.63) is 47.1 Å². The molecular formula is C19H23N5O3. The molecule has 3 aromatic rings. The molecule has 0 unspecified atom stereocenters. The summed E-state index contributed by atoms with van der Waals surface area (Å²) in [5.74, 6) is 1.93. The van der Waals surface area contributed by atoms with Crippen molar-refractivity contribution < 1.29 is 13.8 Å². The Morgan fingerprint density at radius 1 is 1.19 bits per heavy atom. The minimum Gasteiger partial charge on any atom is -0.361 e. The van der Waals surface area contributed by atoms with Gasteiger partial charge in [-0.05, 0) is 44.9 Å². The number of carbonyl (C=O) groups excluding carboxylic acids is 1. The van der Waals surface area contributed by atoms with E-state index in [4.69, 9.17) is 9.05 Å². The number of carbonyl (C=O) groups is 1. The van der Waals surface area contributed by atoms with E-state index in [1.54, 1.807) is 6.07 Å². The third-order valence-corrected chi connectivity index (χ3v) is 4.22. The summed E-state index contributed by atoms with van der Waals surface area (Å²) in [6.45, 7) is 6.34. The summed E-state index contributed by atoms with van der Waals surface area (Å²) in [5, 5.41) is 13.5. The number of urea groups is 1. The highest BCUT2D eigenvalue weighted by Crippen LogP contribution is 2.21. The van der Waals surface area contributed by atoms with E-state index in [1.165, 1.54) is 0 Å². The molecule has 0 spiro atoms. The average Bonchev–Trinajstić information content (AvgIpc) is 3.27. The lowest BCUT2D eigenvalue weighted by Gasteiger charge is -2.08. The molecule has 142 valence electrons. The third-order valence-electron chi connectivity index (χ3n) is 4.22. The topological polar surface area (TPSA) is 106 Å². The minimum atomic E-state index is -0.259. The number of hydrogen-bond acceptors (Lipinski definition) is 6. The quantitative estimate of drug-likeness (QED) is 0.616. The van der Waals surface area contributed by atoms with E-state index < -0.39 is 0 Å². The van der Waals surface area contributed by atoms with E-state index in [1.807, 2.05) is 39.0 Å². The fraction of sp³-hybridized carbons (Fsp3) is 0.368. The fourth-order valence-corrected chi connectivity index (χ4v) is 2.75. The molecule has 0 radical (unpaired) electrons. The normalized spacial score (nSPS) is 10.8. The lowest BCUT2D eigenvalue weighted by Crippen LogP contribution is -2.29. The van der Waals surface area contributed by atoms with Crippen molar-refractivity contribution in [3.8, 4) is 11.5 Å². The fourth-order valence-electron chi connectivity index (χ4n) is 2.75. The highest BCUT2D eigenvalue weighted by molar-refractivity contribution is 5.89. The van der Waals surface area contributed by atoms with Gasteiger partial charge in [0.15, 0.2) is 5.82 Å². The molecule has 2 N–H and O–H groups in total. The number of aryl methyl sites for hydroxylation is 3. The number of amides is 2. The standard InChI is InChI=1S/C19H23N5O3/c1-4-17-22-18(27-24-17)14-7-5-8-15(11-14)21-19(25)20-10-6-9-16-12(2)23-26-13(16)3/h5,7-8,11H,4,6,9-10H2,1-3H3,(H2,20,21,25). The Hall–Kier alpha value is -3.16. The first-order valence-corrected chi connectivity index (χ1v) is 8.96. The molecule has 0 bridgehead atoms. The summed E-state index contributed by atoms with van der Waals surface area (Å²) in [4.78, 5) is 16.4. The first kappa shape index (κ1) is 18.6. The highest BCUT2D eigenvalue weighted by Gasteiger charge is 2.10. The summed E-state index contributed by atoms with van der Waals surface area (Å²) < 4.78 is 10.4. The van der Waals surface area contributed by atoms with Gasteiger partial charge in [-0.25, -0.2) is 4.79 Å². The van der Waals surface area contributed by atoms with Gasteiger partial charge in [0, 0.05) is 29.8 Å². The largest absolute Gasteiger partial charge is 0.361 e. The molecule has 27 heavy (non-hydrogen) atoms. The Morgan fingerprint density at radius 2 is 2.04 bits per heavy atom. The van der Waals surface area contributed by atoms with Gasteiger partial charge in [-0.2, -0.15) is 4.98 Å². The van der Waals surface area contributed by atoms with E-state index in [2.05, 4.69) is 25.9 Å². The molecular weight excluding hydrogens is 346 g/mol. The number of nitrogens with one attached hydrogen (secondary N) is 2. The zero-order valence-electron chi connectivity index (χ0n) is 15.7. The van der Waals surface area contributed by atoms with Crippen molar-refractivity contribution in [1.82, 2.24) is 20.6 Å². The van der Waals surface area contributed by atoms with Crippen LogP contribution in [0.15, 0.2) is 33.3 Å². The van der Waals surface area contributed by atoms with Crippen LogP contribution in [-0.2, 0) is 12.8 Å². The summed E-state index contributed by atoms with van der Waals surface area (Å²) in [6.07, 6.45) is 2.32. The number of hydrogen-bond donors (Lipinski definition) is 2. The zero-order chi connectivity index (χ0) is 19.2. The van der Waals surface area contributed by atoms with Crippen molar-refractivity contribution in [1.29, 1.82) is 0 Å². The number of nitrogens with zero attached hydrogens (tertiary/aromatic N) is 3. The smallest absolute Gasteiger partial charge is 0.319 e. The van der Waals surface area contributed by atoms with Crippen LogP contribution >= 0.6 is 0 Å². The van der Waals surface area contributed by atoms with Crippen LogP contribution in [0.3, 0.4) is 0 Å². The van der Waals surface area contributed by atoms with Crippen LogP contribution in [0.5, 0.6) is 0 Å². The van der Waals surface area contributed by atoms with E-state index in [9.17, 15) is 4.79 Å². The van der Waals surface area contributed by atoms with Crippen molar-refractivity contribution in [2.45, 2.75) is 40.0 Å². The van der Waals surface area contributed by atoms with Gasteiger partial charge in [0.05, 0.1) is 5.69 Å². The van der Waals surface area contributed by atoms with Crippen molar-refractivity contribution >= 4 is 11.7 Å². The van der Waals surface area contributed by atoms with Crippen LogP contribution in [0.1, 0.15) is 36.2 Å². The molecule has 0 atom stereocenters. The maximum absolute atomic E-state index is 12.1. The van der Waals surface area contributed by atoms with Crippen LogP contribution in [0.25, 0.3) is 11.5 Å². The first-order valence-electron chi connectivity index (χ1n) is 8.96. The lowest BCUT2D eigenvalue weighted by atomic mass is 10.1. The molecule has 0 saturated carbocycles. The molecule has 2 heterocycles. The Kier molecular flexibility index (Phi) is 5.85. The van der Waals surface area contributed by atoms with Crippen molar-refractivity contribution in [2.75, 3.05) is 11.9 Å². The molecule has 0 aliphatic rings. The van der Waals surface area contributed by atoms with Gasteiger partial charge in [-0.1, -0.05) is 23.3 Å². The molecule has 0 saturated heterocycles. The van der Waals surface area contributed by atoms with Crippen LogP contribution in [0.2, 0.25) is 0 Å². The molecule has 0 aliphatic carbocycles. The summed E-state index contributed by atoms with van der Waals surface area (Å²) in [6, 6.07) is 7.05. The Morgan fingerprint density at radius 3 is 2.74 bits per heavy atom. The van der Waals surface area contributed by atoms with Crippen molar-refractivity contribution in [2.24, 2.45) is 0 Å². The molecule has 0 aliphatic heterocycles. The maximum Gasteiger partial charge on any atom is 0.319 e. The first-order chi connectivity index (χ1) is 13.1. The minimum absolute atomic E-state index is 0.259. The number of anilines is 1. The molecule has 2 amide bonds. The van der Waals surface area contributed by atoms with Gasteiger partial charge >= 0.3 is 6.03 Å². The van der Waals surface area contributed by atoms with E-state index >= 15 is 0 Å². The Bertz CT molecular complexity index is 896. The maximum atomic E-state index is 12.1. The second-order valence-electron chi connectivity index (χ2n) is 6.24. The second kappa shape index (κ2) is 8.48. The zero-order valence-corrected chi connectivity index (χ0v) is 15.7. The van der Waals surface area contributed by atoms with Gasteiger partial charge in [0.2, 0.25) is 0 Å². The third kappa shape index (κ3) is 4.72. The van der Waals surface area contributed by atoms with Gasteiger partial charge in [-0.15, -0.1) is 0 Å². The van der Waals surface area contributed by atoms with E-state index in [0.29, 0.717) is 30.4 Å². The number of benzene rings is 1. The molecule has 2 aromatic heterocycles. The molecule has 3 rings (SSSR count).